The summed E-state index contributed by atoms with van der Waals surface area (Å²) >= 11 is 0. The van der Waals surface area contributed by atoms with Gasteiger partial charge in [-0.3, -0.25) is 0 Å². The second-order valence-electron chi connectivity index (χ2n) is 4.16. The SMILES string of the molecule is Nc1ccccc1OCCCOc1cc(F)ccc1F. The van der Waals surface area contributed by atoms with Crippen LogP contribution in [-0.4, -0.2) is 13.2 Å². The molecule has 0 amide bonds. The molecule has 0 aromatic heterocycles. The molecule has 2 aromatic carbocycles. The Balaban J connectivity index is 1.74. The van der Waals surface area contributed by atoms with Gasteiger partial charge in [0.05, 0.1) is 18.9 Å². The van der Waals surface area contributed by atoms with Gasteiger partial charge < -0.3 is 15.2 Å². The molecule has 0 aliphatic heterocycles. The lowest BCUT2D eigenvalue weighted by atomic mass is 10.3. The van der Waals surface area contributed by atoms with E-state index in [-0.39, 0.29) is 12.4 Å². The molecule has 5 heteroatoms. The Morgan fingerprint density at radius 1 is 0.900 bits per heavy atom. The van der Waals surface area contributed by atoms with E-state index in [0.717, 1.165) is 18.2 Å². The van der Waals surface area contributed by atoms with Crippen LogP contribution >= 0.6 is 0 Å². The van der Waals surface area contributed by atoms with E-state index < -0.39 is 11.6 Å². The van der Waals surface area contributed by atoms with Gasteiger partial charge in [0.1, 0.15) is 11.6 Å². The largest absolute Gasteiger partial charge is 0.491 e. The number of nitrogen functional groups attached to an aromatic ring is 1. The molecule has 0 atom stereocenters. The monoisotopic (exact) mass is 279 g/mol. The van der Waals surface area contributed by atoms with E-state index in [1.165, 1.54) is 0 Å². The molecule has 0 heterocycles. The summed E-state index contributed by atoms with van der Waals surface area (Å²) in [6.07, 6.45) is 0.532. The topological polar surface area (TPSA) is 44.5 Å². The Labute approximate surface area is 115 Å². The minimum Gasteiger partial charge on any atom is -0.491 e. The lowest BCUT2D eigenvalue weighted by molar-refractivity contribution is 0.241. The molecule has 2 aromatic rings. The zero-order chi connectivity index (χ0) is 14.4. The predicted molar refractivity (Wildman–Crippen MR) is 72.8 cm³/mol. The first-order chi connectivity index (χ1) is 9.66. The molecule has 0 aliphatic rings. The van der Waals surface area contributed by atoms with Gasteiger partial charge in [-0.15, -0.1) is 0 Å². The Morgan fingerprint density at radius 2 is 1.60 bits per heavy atom. The van der Waals surface area contributed by atoms with Crippen LogP contribution in [-0.2, 0) is 0 Å². The summed E-state index contributed by atoms with van der Waals surface area (Å²) in [4.78, 5) is 0. The average Bonchev–Trinajstić information content (AvgIpc) is 2.44. The van der Waals surface area contributed by atoms with Gasteiger partial charge >= 0.3 is 0 Å². The third-order valence-corrected chi connectivity index (χ3v) is 2.62. The molecular formula is C15H15F2NO2. The van der Waals surface area contributed by atoms with Crippen molar-refractivity contribution in [2.75, 3.05) is 18.9 Å². The minimum absolute atomic E-state index is 0.0933. The number of benzene rings is 2. The Kier molecular flexibility index (Phi) is 4.76. The summed E-state index contributed by atoms with van der Waals surface area (Å²) in [5, 5.41) is 0. The zero-order valence-corrected chi connectivity index (χ0v) is 10.8. The van der Waals surface area contributed by atoms with Gasteiger partial charge in [-0.25, -0.2) is 8.78 Å². The Morgan fingerprint density at radius 3 is 2.35 bits per heavy atom. The van der Waals surface area contributed by atoms with Crippen LogP contribution in [0.5, 0.6) is 11.5 Å². The number of hydrogen-bond donors (Lipinski definition) is 1. The fourth-order valence-electron chi connectivity index (χ4n) is 1.62. The van der Waals surface area contributed by atoms with Crippen LogP contribution in [0.3, 0.4) is 0 Å². The normalized spacial score (nSPS) is 10.3. The molecule has 106 valence electrons. The second-order valence-corrected chi connectivity index (χ2v) is 4.16. The predicted octanol–water partition coefficient (Wildman–Crippen LogP) is 3.39. The maximum absolute atomic E-state index is 13.3. The van der Waals surface area contributed by atoms with Crippen LogP contribution in [0.4, 0.5) is 14.5 Å². The van der Waals surface area contributed by atoms with Crippen LogP contribution in [0, 0.1) is 11.6 Å². The molecule has 0 spiro atoms. The minimum atomic E-state index is -0.584. The summed E-state index contributed by atoms with van der Waals surface area (Å²) in [6.45, 7) is 0.609. The zero-order valence-electron chi connectivity index (χ0n) is 10.8. The number of nitrogens with two attached hydrogens (primary N) is 1. The second kappa shape index (κ2) is 6.75. The summed E-state index contributed by atoms with van der Waals surface area (Å²) in [5.41, 5.74) is 6.28. The van der Waals surface area contributed by atoms with Gasteiger partial charge in [0.25, 0.3) is 0 Å². The van der Waals surface area contributed by atoms with Crippen molar-refractivity contribution in [3.05, 3.63) is 54.1 Å². The average molecular weight is 279 g/mol. The highest BCUT2D eigenvalue weighted by atomic mass is 19.1. The van der Waals surface area contributed by atoms with Crippen molar-refractivity contribution in [1.29, 1.82) is 0 Å². The highest BCUT2D eigenvalue weighted by molar-refractivity contribution is 5.51. The van der Waals surface area contributed by atoms with Gasteiger partial charge in [0.15, 0.2) is 11.6 Å². The van der Waals surface area contributed by atoms with E-state index in [4.69, 9.17) is 15.2 Å². The summed E-state index contributed by atoms with van der Waals surface area (Å²) in [5.74, 6) is -0.608. The molecule has 0 saturated carbocycles. The lowest BCUT2D eigenvalue weighted by Gasteiger charge is -2.10. The van der Waals surface area contributed by atoms with Crippen molar-refractivity contribution in [2.24, 2.45) is 0 Å². The molecule has 2 rings (SSSR count). The van der Waals surface area contributed by atoms with E-state index in [1.54, 1.807) is 12.1 Å². The van der Waals surface area contributed by atoms with Gasteiger partial charge in [-0.05, 0) is 24.3 Å². The molecule has 0 unspecified atom stereocenters. The first kappa shape index (κ1) is 14.1. The first-order valence-corrected chi connectivity index (χ1v) is 6.22. The van der Waals surface area contributed by atoms with Crippen molar-refractivity contribution in [2.45, 2.75) is 6.42 Å². The number of anilines is 1. The van der Waals surface area contributed by atoms with Crippen LogP contribution in [0.1, 0.15) is 6.42 Å². The van der Waals surface area contributed by atoms with Crippen molar-refractivity contribution in [3.8, 4) is 11.5 Å². The smallest absolute Gasteiger partial charge is 0.165 e. The van der Waals surface area contributed by atoms with Gasteiger partial charge in [-0.1, -0.05) is 12.1 Å². The number of rotatable bonds is 6. The van der Waals surface area contributed by atoms with E-state index in [2.05, 4.69) is 0 Å². The van der Waals surface area contributed by atoms with E-state index in [9.17, 15) is 8.78 Å². The molecule has 3 nitrogen and oxygen atoms in total. The standard InChI is InChI=1S/C15H15F2NO2/c16-11-6-7-12(17)15(10-11)20-9-3-8-19-14-5-2-1-4-13(14)18/h1-2,4-7,10H,3,8-9,18H2. The first-order valence-electron chi connectivity index (χ1n) is 6.22. The van der Waals surface area contributed by atoms with Gasteiger partial charge in [-0.2, -0.15) is 0 Å². The fourth-order valence-corrected chi connectivity index (χ4v) is 1.62. The van der Waals surface area contributed by atoms with E-state index in [1.807, 2.05) is 12.1 Å². The van der Waals surface area contributed by atoms with Crippen molar-refractivity contribution in [3.63, 3.8) is 0 Å². The van der Waals surface area contributed by atoms with Crippen LogP contribution < -0.4 is 15.2 Å². The molecule has 0 saturated heterocycles. The molecule has 2 N–H and O–H groups in total. The van der Waals surface area contributed by atoms with Crippen molar-refractivity contribution >= 4 is 5.69 Å². The Hall–Kier alpha value is -2.30. The highest BCUT2D eigenvalue weighted by Gasteiger charge is 2.05. The van der Waals surface area contributed by atoms with Crippen LogP contribution in [0.2, 0.25) is 0 Å². The van der Waals surface area contributed by atoms with E-state index >= 15 is 0 Å². The number of para-hydroxylation sites is 2. The van der Waals surface area contributed by atoms with Gasteiger partial charge in [0.2, 0.25) is 0 Å². The lowest BCUT2D eigenvalue weighted by Crippen LogP contribution is -2.06. The van der Waals surface area contributed by atoms with E-state index in [0.29, 0.717) is 24.5 Å². The number of hydrogen-bond acceptors (Lipinski definition) is 3. The molecular weight excluding hydrogens is 264 g/mol. The molecule has 0 radical (unpaired) electrons. The third-order valence-electron chi connectivity index (χ3n) is 2.62. The van der Waals surface area contributed by atoms with Gasteiger partial charge in [0, 0.05) is 12.5 Å². The third kappa shape index (κ3) is 3.85. The fraction of sp³-hybridized carbons (Fsp3) is 0.200. The quantitative estimate of drug-likeness (QED) is 0.651. The van der Waals surface area contributed by atoms with Crippen molar-refractivity contribution < 1.29 is 18.3 Å². The molecule has 20 heavy (non-hydrogen) atoms. The number of halogens is 2. The molecule has 0 aliphatic carbocycles. The van der Waals surface area contributed by atoms with Crippen LogP contribution in [0.15, 0.2) is 42.5 Å². The Bertz CT molecular complexity index is 576. The maximum atomic E-state index is 13.3. The van der Waals surface area contributed by atoms with Crippen LogP contribution in [0.25, 0.3) is 0 Å². The number of ether oxygens (including phenoxy) is 2. The van der Waals surface area contributed by atoms with Crippen molar-refractivity contribution in [1.82, 2.24) is 0 Å². The highest BCUT2D eigenvalue weighted by Crippen LogP contribution is 2.20. The molecule has 0 fully saturated rings. The summed E-state index contributed by atoms with van der Waals surface area (Å²) in [6, 6.07) is 10.2. The summed E-state index contributed by atoms with van der Waals surface area (Å²) in [7, 11) is 0. The molecule has 0 bridgehead atoms. The maximum Gasteiger partial charge on any atom is 0.165 e. The summed E-state index contributed by atoms with van der Waals surface area (Å²) < 4.78 is 36.8.